The summed E-state index contributed by atoms with van der Waals surface area (Å²) in [7, 11) is 0. The Kier molecular flexibility index (Phi) is 6.65. The Hall–Kier alpha value is -2.44. The average molecular weight is 411 g/mol. The molecule has 1 heterocycles. The number of benzene rings is 2. The van der Waals surface area contributed by atoms with Gasteiger partial charge in [-0.1, -0.05) is 65.9 Å². The largest absolute Gasteiger partial charge is 0.326 e. The molecule has 28 heavy (non-hydrogen) atoms. The summed E-state index contributed by atoms with van der Waals surface area (Å²) >= 11 is 6.67. The van der Waals surface area contributed by atoms with Gasteiger partial charge in [-0.25, -0.2) is 0 Å². The maximum absolute atomic E-state index is 12.6. The van der Waals surface area contributed by atoms with Crippen molar-refractivity contribution in [3.8, 4) is 0 Å². The molecular formula is C22H22N2O2S2. The standard InChI is InChI=1S/C22H22N2O2S2/c1-15-8-10-17(11-9-15)14-19-21(26)24(22(27)28-19)12-4-7-20(25)23-18-6-3-5-16(2)13-18/h3,5-6,8-11,13-14H,4,7,12H2,1-2H3,(H,23,25)/b19-14+. The van der Waals surface area contributed by atoms with Crippen molar-refractivity contribution in [2.45, 2.75) is 26.7 Å². The van der Waals surface area contributed by atoms with E-state index in [9.17, 15) is 9.59 Å². The normalized spacial score (nSPS) is 15.4. The van der Waals surface area contributed by atoms with Crippen molar-refractivity contribution >= 4 is 51.9 Å². The first-order chi connectivity index (χ1) is 13.4. The molecule has 1 saturated heterocycles. The fourth-order valence-electron chi connectivity index (χ4n) is 2.85. The van der Waals surface area contributed by atoms with Gasteiger partial charge in [0, 0.05) is 18.7 Å². The van der Waals surface area contributed by atoms with Gasteiger partial charge in [-0.3, -0.25) is 14.5 Å². The van der Waals surface area contributed by atoms with E-state index >= 15 is 0 Å². The molecule has 0 aliphatic carbocycles. The van der Waals surface area contributed by atoms with Gasteiger partial charge >= 0.3 is 0 Å². The van der Waals surface area contributed by atoms with Crippen molar-refractivity contribution in [3.05, 3.63) is 70.1 Å². The SMILES string of the molecule is Cc1ccc(/C=C2/SC(=S)N(CCCC(=O)Nc3cccc(C)c3)C2=O)cc1. The van der Waals surface area contributed by atoms with Crippen LogP contribution < -0.4 is 5.32 Å². The second kappa shape index (κ2) is 9.17. The summed E-state index contributed by atoms with van der Waals surface area (Å²) in [6, 6.07) is 15.7. The molecule has 2 amide bonds. The highest BCUT2D eigenvalue weighted by atomic mass is 32.2. The summed E-state index contributed by atoms with van der Waals surface area (Å²) in [5, 5.41) is 2.88. The van der Waals surface area contributed by atoms with Crippen LogP contribution in [-0.2, 0) is 9.59 Å². The zero-order valence-electron chi connectivity index (χ0n) is 15.9. The van der Waals surface area contributed by atoms with Crippen LogP contribution in [-0.4, -0.2) is 27.6 Å². The topological polar surface area (TPSA) is 49.4 Å². The number of thioether (sulfide) groups is 1. The Morgan fingerprint density at radius 1 is 1.14 bits per heavy atom. The van der Waals surface area contributed by atoms with Crippen molar-refractivity contribution in [1.29, 1.82) is 0 Å². The second-order valence-electron chi connectivity index (χ2n) is 6.77. The van der Waals surface area contributed by atoms with Gasteiger partial charge in [-0.05, 0) is 49.6 Å². The third kappa shape index (κ3) is 5.30. The number of anilines is 1. The van der Waals surface area contributed by atoms with E-state index in [0.717, 1.165) is 16.8 Å². The molecule has 0 unspecified atom stereocenters. The van der Waals surface area contributed by atoms with Gasteiger partial charge in [0.25, 0.3) is 5.91 Å². The van der Waals surface area contributed by atoms with Crippen molar-refractivity contribution in [3.63, 3.8) is 0 Å². The van der Waals surface area contributed by atoms with Crippen LogP contribution in [0.4, 0.5) is 5.69 Å². The molecule has 2 aromatic rings. The molecule has 144 valence electrons. The van der Waals surface area contributed by atoms with Crippen LogP contribution in [0.5, 0.6) is 0 Å². The molecule has 0 bridgehead atoms. The smallest absolute Gasteiger partial charge is 0.266 e. The number of hydrogen-bond acceptors (Lipinski definition) is 4. The summed E-state index contributed by atoms with van der Waals surface area (Å²) in [6.07, 6.45) is 2.76. The van der Waals surface area contributed by atoms with Gasteiger partial charge in [-0.2, -0.15) is 0 Å². The van der Waals surface area contributed by atoms with Crippen molar-refractivity contribution in [2.24, 2.45) is 0 Å². The second-order valence-corrected chi connectivity index (χ2v) is 8.44. The maximum atomic E-state index is 12.6. The van der Waals surface area contributed by atoms with Crippen LogP contribution in [0, 0.1) is 13.8 Å². The lowest BCUT2D eigenvalue weighted by molar-refractivity contribution is -0.122. The minimum atomic E-state index is -0.0883. The van der Waals surface area contributed by atoms with Gasteiger partial charge in [0.15, 0.2) is 0 Å². The zero-order valence-corrected chi connectivity index (χ0v) is 17.5. The van der Waals surface area contributed by atoms with E-state index in [2.05, 4.69) is 5.32 Å². The number of aryl methyl sites for hydroxylation is 2. The van der Waals surface area contributed by atoms with Crippen LogP contribution in [0.25, 0.3) is 6.08 Å². The lowest BCUT2D eigenvalue weighted by atomic mass is 10.1. The van der Waals surface area contributed by atoms with Crippen molar-refractivity contribution < 1.29 is 9.59 Å². The van der Waals surface area contributed by atoms with Gasteiger partial charge in [0.1, 0.15) is 4.32 Å². The molecule has 4 nitrogen and oxygen atoms in total. The molecule has 1 fully saturated rings. The first kappa shape index (κ1) is 20.3. The molecule has 1 N–H and O–H groups in total. The fourth-order valence-corrected chi connectivity index (χ4v) is 4.16. The van der Waals surface area contributed by atoms with Gasteiger partial charge in [-0.15, -0.1) is 0 Å². The molecule has 0 saturated carbocycles. The highest BCUT2D eigenvalue weighted by molar-refractivity contribution is 8.26. The predicted octanol–water partition coefficient (Wildman–Crippen LogP) is 4.92. The average Bonchev–Trinajstić information content (AvgIpc) is 2.91. The minimum Gasteiger partial charge on any atom is -0.326 e. The van der Waals surface area contributed by atoms with E-state index in [0.29, 0.717) is 28.6 Å². The summed E-state index contributed by atoms with van der Waals surface area (Å²) in [5.74, 6) is -0.152. The maximum Gasteiger partial charge on any atom is 0.266 e. The van der Waals surface area contributed by atoms with E-state index in [-0.39, 0.29) is 11.8 Å². The monoisotopic (exact) mass is 410 g/mol. The Labute approximate surface area is 175 Å². The summed E-state index contributed by atoms with van der Waals surface area (Å²) in [6.45, 7) is 4.45. The Balaban J connectivity index is 1.53. The summed E-state index contributed by atoms with van der Waals surface area (Å²) < 4.78 is 0.544. The number of rotatable bonds is 6. The molecule has 1 aliphatic rings. The third-order valence-electron chi connectivity index (χ3n) is 4.34. The van der Waals surface area contributed by atoms with Crippen molar-refractivity contribution in [1.82, 2.24) is 4.90 Å². The van der Waals surface area contributed by atoms with Gasteiger partial charge in [0.2, 0.25) is 5.91 Å². The zero-order chi connectivity index (χ0) is 20.1. The van der Waals surface area contributed by atoms with Crippen LogP contribution >= 0.6 is 24.0 Å². The molecule has 3 rings (SSSR count). The lowest BCUT2D eigenvalue weighted by Gasteiger charge is -2.14. The van der Waals surface area contributed by atoms with E-state index in [1.165, 1.54) is 17.3 Å². The summed E-state index contributed by atoms with van der Waals surface area (Å²) in [5.41, 5.74) is 4.03. The summed E-state index contributed by atoms with van der Waals surface area (Å²) in [4.78, 5) is 27.0. The number of hydrogen-bond donors (Lipinski definition) is 1. The van der Waals surface area contributed by atoms with Crippen molar-refractivity contribution in [2.75, 3.05) is 11.9 Å². The number of nitrogens with one attached hydrogen (secondary N) is 1. The van der Waals surface area contributed by atoms with Crippen LogP contribution in [0.3, 0.4) is 0 Å². The first-order valence-electron chi connectivity index (χ1n) is 9.11. The number of carbonyl (C=O) groups excluding carboxylic acids is 2. The molecule has 6 heteroatoms. The van der Waals surface area contributed by atoms with Crippen LogP contribution in [0.1, 0.15) is 29.5 Å². The Morgan fingerprint density at radius 3 is 2.61 bits per heavy atom. The quantitative estimate of drug-likeness (QED) is 0.542. The first-order valence-corrected chi connectivity index (χ1v) is 10.3. The number of nitrogens with zero attached hydrogens (tertiary/aromatic N) is 1. The number of carbonyl (C=O) groups is 2. The highest BCUT2D eigenvalue weighted by Crippen LogP contribution is 2.32. The number of amides is 2. The molecule has 0 radical (unpaired) electrons. The molecule has 0 spiro atoms. The van der Waals surface area contributed by atoms with E-state index in [1.54, 1.807) is 4.90 Å². The minimum absolute atomic E-state index is 0.0637. The predicted molar refractivity (Wildman–Crippen MR) is 120 cm³/mol. The molecule has 2 aromatic carbocycles. The molecule has 1 aliphatic heterocycles. The Bertz CT molecular complexity index is 936. The van der Waals surface area contributed by atoms with Crippen LogP contribution in [0.2, 0.25) is 0 Å². The molecular weight excluding hydrogens is 388 g/mol. The van der Waals surface area contributed by atoms with Gasteiger partial charge < -0.3 is 5.32 Å². The Morgan fingerprint density at radius 2 is 1.89 bits per heavy atom. The highest BCUT2D eigenvalue weighted by Gasteiger charge is 2.31. The third-order valence-corrected chi connectivity index (χ3v) is 5.71. The van der Waals surface area contributed by atoms with E-state index in [1.807, 2.05) is 68.5 Å². The number of thiocarbonyl (C=S) groups is 1. The molecule has 0 atom stereocenters. The van der Waals surface area contributed by atoms with E-state index < -0.39 is 0 Å². The van der Waals surface area contributed by atoms with Crippen LogP contribution in [0.15, 0.2) is 53.4 Å². The molecule has 0 aromatic heterocycles. The lowest BCUT2D eigenvalue weighted by Crippen LogP contribution is -2.29. The van der Waals surface area contributed by atoms with Gasteiger partial charge in [0.05, 0.1) is 4.91 Å². The fraction of sp³-hybridized carbons (Fsp3) is 0.227. The van der Waals surface area contributed by atoms with E-state index in [4.69, 9.17) is 12.2 Å².